The molecule has 1 amide bonds. The molecule has 5 nitrogen and oxygen atoms in total. The third-order valence-corrected chi connectivity index (χ3v) is 5.19. The molecule has 1 saturated heterocycles. The van der Waals surface area contributed by atoms with Gasteiger partial charge < -0.3 is 4.90 Å². The maximum Gasteiger partial charge on any atom is 0.288 e. The van der Waals surface area contributed by atoms with Gasteiger partial charge in [-0.25, -0.2) is 0 Å². The van der Waals surface area contributed by atoms with Gasteiger partial charge in [0, 0.05) is 35.2 Å². The van der Waals surface area contributed by atoms with Crippen LogP contribution in [0.4, 0.5) is 5.69 Å². The normalized spacial score (nSPS) is 22.6. The molecule has 1 aromatic rings. The van der Waals surface area contributed by atoms with E-state index >= 15 is 0 Å². The first-order valence-corrected chi connectivity index (χ1v) is 7.71. The number of hydrogen-bond acceptors (Lipinski definition) is 4. The number of rotatable bonds is 2. The average Bonchev–Trinajstić information content (AvgIpc) is 2.41. The molecule has 1 aliphatic heterocycles. The van der Waals surface area contributed by atoms with E-state index in [9.17, 15) is 14.9 Å². The Morgan fingerprint density at radius 1 is 1.50 bits per heavy atom. The van der Waals surface area contributed by atoms with E-state index in [1.807, 2.05) is 18.7 Å². The minimum atomic E-state index is -0.572. The Morgan fingerprint density at radius 2 is 2.20 bits per heavy atom. The SMILES string of the molecule is CC1SCCN(C(=O)c2ccc(Cl)c([N+](=O)[O-])c2)C1C. The molecule has 1 heterocycles. The van der Waals surface area contributed by atoms with Crippen molar-refractivity contribution in [1.29, 1.82) is 0 Å². The second-order valence-electron chi connectivity index (χ2n) is 4.74. The van der Waals surface area contributed by atoms with Crippen molar-refractivity contribution in [2.75, 3.05) is 12.3 Å². The van der Waals surface area contributed by atoms with Crippen molar-refractivity contribution in [2.45, 2.75) is 25.1 Å². The van der Waals surface area contributed by atoms with Crippen LogP contribution in [0, 0.1) is 10.1 Å². The summed E-state index contributed by atoms with van der Waals surface area (Å²) in [5.41, 5.74) is 0.0802. The van der Waals surface area contributed by atoms with Gasteiger partial charge in [-0.05, 0) is 19.1 Å². The lowest BCUT2D eigenvalue weighted by atomic mass is 10.1. The number of hydrogen-bond donors (Lipinski definition) is 0. The number of nitrogens with zero attached hydrogens (tertiary/aromatic N) is 2. The molecule has 2 unspecified atom stereocenters. The third-order valence-electron chi connectivity index (χ3n) is 3.53. The third kappa shape index (κ3) is 2.91. The molecular formula is C13H15ClN2O3S. The number of nitro benzene ring substituents is 1. The van der Waals surface area contributed by atoms with E-state index in [0.717, 1.165) is 5.75 Å². The van der Waals surface area contributed by atoms with E-state index in [2.05, 4.69) is 6.92 Å². The fourth-order valence-corrected chi connectivity index (χ4v) is 3.46. The van der Waals surface area contributed by atoms with E-state index in [0.29, 0.717) is 17.4 Å². The highest BCUT2D eigenvalue weighted by Gasteiger charge is 2.30. The summed E-state index contributed by atoms with van der Waals surface area (Å²) in [6.45, 7) is 4.74. The zero-order valence-electron chi connectivity index (χ0n) is 11.2. The molecule has 2 rings (SSSR count). The van der Waals surface area contributed by atoms with Crippen LogP contribution in [0.3, 0.4) is 0 Å². The van der Waals surface area contributed by atoms with Gasteiger partial charge in [0.1, 0.15) is 5.02 Å². The quantitative estimate of drug-likeness (QED) is 0.621. The molecule has 0 spiro atoms. The predicted octanol–water partition coefficient (Wildman–Crippen LogP) is 3.21. The first-order chi connectivity index (χ1) is 9.41. The topological polar surface area (TPSA) is 63.5 Å². The van der Waals surface area contributed by atoms with Crippen LogP contribution in [0.5, 0.6) is 0 Å². The molecule has 1 aliphatic rings. The van der Waals surface area contributed by atoms with Crippen molar-refractivity contribution in [3.63, 3.8) is 0 Å². The van der Waals surface area contributed by atoms with Gasteiger partial charge in [0.2, 0.25) is 0 Å². The summed E-state index contributed by atoms with van der Waals surface area (Å²) in [6.07, 6.45) is 0. The van der Waals surface area contributed by atoms with E-state index in [1.54, 1.807) is 4.90 Å². The fourth-order valence-electron chi connectivity index (χ4n) is 2.17. The molecule has 7 heteroatoms. The summed E-state index contributed by atoms with van der Waals surface area (Å²) in [4.78, 5) is 24.6. The highest BCUT2D eigenvalue weighted by molar-refractivity contribution is 8.00. The highest BCUT2D eigenvalue weighted by Crippen LogP contribution is 2.29. The lowest BCUT2D eigenvalue weighted by Gasteiger charge is -2.37. The van der Waals surface area contributed by atoms with Crippen molar-refractivity contribution < 1.29 is 9.72 Å². The zero-order chi connectivity index (χ0) is 14.9. The molecule has 0 aliphatic carbocycles. The van der Waals surface area contributed by atoms with Crippen LogP contribution in [0.25, 0.3) is 0 Å². The first-order valence-electron chi connectivity index (χ1n) is 6.28. The van der Waals surface area contributed by atoms with Gasteiger partial charge in [0.25, 0.3) is 11.6 Å². The van der Waals surface area contributed by atoms with Gasteiger partial charge in [0.05, 0.1) is 4.92 Å². The minimum absolute atomic E-state index is 0.0437. The van der Waals surface area contributed by atoms with E-state index < -0.39 is 4.92 Å². The molecule has 1 fully saturated rings. The molecule has 0 saturated carbocycles. The molecular weight excluding hydrogens is 300 g/mol. The van der Waals surface area contributed by atoms with Gasteiger partial charge in [-0.1, -0.05) is 18.5 Å². The molecule has 2 atom stereocenters. The van der Waals surface area contributed by atoms with Gasteiger partial charge in [-0.2, -0.15) is 11.8 Å². The monoisotopic (exact) mass is 314 g/mol. The van der Waals surface area contributed by atoms with Crippen LogP contribution in [0.2, 0.25) is 5.02 Å². The van der Waals surface area contributed by atoms with Gasteiger partial charge >= 0.3 is 0 Å². The maximum atomic E-state index is 12.5. The standard InChI is InChI=1S/C13H15ClN2O3S/c1-8-9(2)20-6-5-15(8)13(17)10-3-4-11(14)12(7-10)16(18)19/h3-4,7-9H,5-6H2,1-2H3. The number of nitro groups is 1. The van der Waals surface area contributed by atoms with Gasteiger partial charge in [-0.15, -0.1) is 0 Å². The molecule has 20 heavy (non-hydrogen) atoms. The van der Waals surface area contributed by atoms with Crippen LogP contribution in [-0.4, -0.2) is 39.3 Å². The van der Waals surface area contributed by atoms with Gasteiger partial charge in [-0.3, -0.25) is 14.9 Å². The van der Waals surface area contributed by atoms with Crippen LogP contribution in [0.15, 0.2) is 18.2 Å². The Balaban J connectivity index is 2.29. The van der Waals surface area contributed by atoms with E-state index in [1.165, 1.54) is 18.2 Å². The summed E-state index contributed by atoms with van der Waals surface area (Å²) in [6, 6.07) is 4.30. The lowest BCUT2D eigenvalue weighted by molar-refractivity contribution is -0.384. The number of amides is 1. The molecule has 0 aromatic heterocycles. The molecule has 0 radical (unpaired) electrons. The number of carbonyl (C=O) groups excluding carboxylic acids is 1. The zero-order valence-corrected chi connectivity index (χ0v) is 12.8. The largest absolute Gasteiger partial charge is 0.334 e. The average molecular weight is 315 g/mol. The molecule has 1 aromatic carbocycles. The maximum absolute atomic E-state index is 12.5. The fraction of sp³-hybridized carbons (Fsp3) is 0.462. The Kier molecular flexibility index (Phi) is 4.55. The summed E-state index contributed by atoms with van der Waals surface area (Å²) in [5, 5.41) is 11.3. The smallest absolute Gasteiger partial charge is 0.288 e. The summed E-state index contributed by atoms with van der Waals surface area (Å²) < 4.78 is 0. The van der Waals surface area contributed by atoms with Crippen molar-refractivity contribution in [3.8, 4) is 0 Å². The Bertz CT molecular complexity index is 552. The second kappa shape index (κ2) is 6.01. The van der Waals surface area contributed by atoms with E-state index in [4.69, 9.17) is 11.6 Å². The van der Waals surface area contributed by atoms with E-state index in [-0.39, 0.29) is 22.7 Å². The van der Waals surface area contributed by atoms with Crippen molar-refractivity contribution in [1.82, 2.24) is 4.90 Å². The summed E-state index contributed by atoms with van der Waals surface area (Å²) in [5.74, 6) is 0.705. The molecule has 0 N–H and O–H groups in total. The van der Waals surface area contributed by atoms with Crippen molar-refractivity contribution in [3.05, 3.63) is 38.9 Å². The number of benzene rings is 1. The molecule has 0 bridgehead atoms. The Hall–Kier alpha value is -1.27. The Morgan fingerprint density at radius 3 is 2.85 bits per heavy atom. The van der Waals surface area contributed by atoms with Crippen LogP contribution < -0.4 is 0 Å². The van der Waals surface area contributed by atoms with Crippen molar-refractivity contribution >= 4 is 35.0 Å². The highest BCUT2D eigenvalue weighted by atomic mass is 35.5. The van der Waals surface area contributed by atoms with Gasteiger partial charge in [0.15, 0.2) is 0 Å². The number of thioether (sulfide) groups is 1. The summed E-state index contributed by atoms with van der Waals surface area (Å²) in [7, 11) is 0. The molecule has 108 valence electrons. The minimum Gasteiger partial charge on any atom is -0.334 e. The predicted molar refractivity (Wildman–Crippen MR) is 80.5 cm³/mol. The van der Waals surface area contributed by atoms with Crippen LogP contribution >= 0.6 is 23.4 Å². The first kappa shape index (κ1) is 15.1. The number of halogens is 1. The van der Waals surface area contributed by atoms with Crippen LogP contribution in [-0.2, 0) is 0 Å². The van der Waals surface area contributed by atoms with Crippen molar-refractivity contribution in [2.24, 2.45) is 0 Å². The van der Waals surface area contributed by atoms with Crippen LogP contribution in [0.1, 0.15) is 24.2 Å². The lowest BCUT2D eigenvalue weighted by Crippen LogP contribution is -2.47. The second-order valence-corrected chi connectivity index (χ2v) is 6.63. The number of carbonyl (C=O) groups is 1. The summed E-state index contributed by atoms with van der Waals surface area (Å²) >= 11 is 7.59. The Labute approximate surface area is 126 Å².